The minimum absolute atomic E-state index is 0. The van der Waals surface area contributed by atoms with Crippen molar-refractivity contribution in [2.24, 2.45) is 0 Å². The zero-order valence-electron chi connectivity index (χ0n) is 30.9. The first-order chi connectivity index (χ1) is 24.4. The van der Waals surface area contributed by atoms with E-state index in [0.717, 1.165) is 26.9 Å². The van der Waals surface area contributed by atoms with Crippen molar-refractivity contribution >= 4 is 52.9 Å². The summed E-state index contributed by atoms with van der Waals surface area (Å²) in [6.07, 6.45) is -0.465. The topological polar surface area (TPSA) is 131 Å². The Morgan fingerprint density at radius 2 is 1.57 bits per heavy atom. The summed E-state index contributed by atoms with van der Waals surface area (Å²) in [5, 5.41) is 8.63. The fraction of sp³-hybridized carbons (Fsp3) is 0.450. The SMILES string of the molecule is C.CCOC(CN(Cc1cccc2scnc12)C(=O)[C@H](Cc1ccc(OC(C)(C)C)cc1)NC(=O)C[C@@H](C)NC(=O)NCc1ccccc1)OCC.S. The average Bonchev–Trinajstić information content (AvgIpc) is 3.57. The van der Waals surface area contributed by atoms with Gasteiger partial charge in [0.05, 0.1) is 22.3 Å². The lowest BCUT2D eigenvalue weighted by atomic mass is 10.0. The van der Waals surface area contributed by atoms with Crippen LogP contribution in [0.2, 0.25) is 0 Å². The molecule has 53 heavy (non-hydrogen) atoms. The number of nitrogens with zero attached hydrogens (tertiary/aromatic N) is 2. The van der Waals surface area contributed by atoms with E-state index >= 15 is 0 Å². The van der Waals surface area contributed by atoms with E-state index in [1.54, 1.807) is 17.3 Å². The van der Waals surface area contributed by atoms with Crippen molar-refractivity contribution in [3.63, 3.8) is 0 Å². The Kier molecular flexibility index (Phi) is 18.8. The molecule has 4 rings (SSSR count). The number of nitrogens with one attached hydrogen (secondary N) is 3. The molecule has 0 saturated carbocycles. The highest BCUT2D eigenvalue weighted by molar-refractivity contribution is 7.59. The molecule has 0 aliphatic carbocycles. The molecule has 0 saturated heterocycles. The van der Waals surface area contributed by atoms with Crippen LogP contribution in [0.4, 0.5) is 4.79 Å². The molecule has 290 valence electrons. The van der Waals surface area contributed by atoms with Crippen LogP contribution in [-0.4, -0.2) is 71.5 Å². The molecule has 2 atom stereocenters. The summed E-state index contributed by atoms with van der Waals surface area (Å²) in [5.41, 5.74) is 4.93. The van der Waals surface area contributed by atoms with Crippen LogP contribution in [-0.2, 0) is 38.6 Å². The second-order valence-corrected chi connectivity index (χ2v) is 14.2. The fourth-order valence-corrected chi connectivity index (χ4v) is 6.28. The Morgan fingerprint density at radius 1 is 0.887 bits per heavy atom. The lowest BCUT2D eigenvalue weighted by Crippen LogP contribution is -2.52. The zero-order chi connectivity index (χ0) is 36.8. The largest absolute Gasteiger partial charge is 0.488 e. The number of carbonyl (C=O) groups excluding carboxylic acids is 3. The second kappa shape index (κ2) is 22.1. The first-order valence-corrected chi connectivity index (χ1v) is 18.3. The molecule has 1 heterocycles. The Bertz CT molecular complexity index is 1690. The van der Waals surface area contributed by atoms with Gasteiger partial charge in [-0.2, -0.15) is 13.5 Å². The third kappa shape index (κ3) is 15.0. The van der Waals surface area contributed by atoms with Crippen LogP contribution in [0, 0.1) is 0 Å². The molecule has 0 bridgehead atoms. The molecule has 3 N–H and O–H groups in total. The molecule has 0 spiro atoms. The summed E-state index contributed by atoms with van der Waals surface area (Å²) < 4.78 is 18.7. The van der Waals surface area contributed by atoms with Gasteiger partial charge in [-0.05, 0) is 76.4 Å². The summed E-state index contributed by atoms with van der Waals surface area (Å²) in [5.74, 6) is 0.0405. The van der Waals surface area contributed by atoms with E-state index in [1.165, 1.54) is 11.3 Å². The van der Waals surface area contributed by atoms with E-state index in [1.807, 2.05) is 107 Å². The van der Waals surface area contributed by atoms with Crippen molar-refractivity contribution in [2.75, 3.05) is 19.8 Å². The Morgan fingerprint density at radius 3 is 2.21 bits per heavy atom. The van der Waals surface area contributed by atoms with Crippen LogP contribution < -0.4 is 20.7 Å². The molecule has 0 radical (unpaired) electrons. The zero-order valence-corrected chi connectivity index (χ0v) is 32.8. The minimum atomic E-state index is -0.926. The summed E-state index contributed by atoms with van der Waals surface area (Å²) in [6, 6.07) is 21.2. The van der Waals surface area contributed by atoms with Gasteiger partial charge in [0.2, 0.25) is 11.8 Å². The van der Waals surface area contributed by atoms with Crippen LogP contribution in [0.3, 0.4) is 0 Å². The first-order valence-electron chi connectivity index (χ1n) is 17.4. The van der Waals surface area contributed by atoms with Gasteiger partial charge in [0, 0.05) is 45.2 Å². The van der Waals surface area contributed by atoms with E-state index in [2.05, 4.69) is 20.9 Å². The number of hydrogen-bond acceptors (Lipinski definition) is 8. The van der Waals surface area contributed by atoms with Gasteiger partial charge in [-0.1, -0.05) is 62.0 Å². The average molecular weight is 768 g/mol. The van der Waals surface area contributed by atoms with Crippen molar-refractivity contribution < 1.29 is 28.6 Å². The highest BCUT2D eigenvalue weighted by Gasteiger charge is 2.30. The maximum absolute atomic E-state index is 14.6. The lowest BCUT2D eigenvalue weighted by molar-refractivity contribution is -0.161. The number of carbonyl (C=O) groups is 3. The van der Waals surface area contributed by atoms with Crippen molar-refractivity contribution in [3.8, 4) is 5.75 Å². The third-order valence-corrected chi connectivity index (χ3v) is 8.57. The normalized spacial score (nSPS) is 12.2. The summed E-state index contributed by atoms with van der Waals surface area (Å²) in [6.45, 7) is 13.0. The number of benzene rings is 3. The number of fused-ring (bicyclic) bond motifs is 1. The number of hydrogen-bond donors (Lipinski definition) is 3. The molecule has 13 heteroatoms. The van der Waals surface area contributed by atoms with E-state index in [0.29, 0.717) is 25.5 Å². The summed E-state index contributed by atoms with van der Waals surface area (Å²) in [4.78, 5) is 47.0. The molecule has 0 aliphatic rings. The molecular weight excluding hydrogens is 711 g/mol. The molecular formula is C40H57N5O6S2. The molecule has 0 aliphatic heterocycles. The highest BCUT2D eigenvalue weighted by atomic mass is 32.1. The standard InChI is InChI=1S/C39H51N5O6S.CH4.H2S/c1-7-48-35(49-8-2)25-44(24-30-15-12-16-33-36(30)41-26-51-33)37(46)32(22-28-17-19-31(20-18-28)50-39(4,5)6)43-34(45)21-27(3)42-38(47)40-23-29-13-10-9-11-14-29;;/h9-20,26-27,32,35H,7-8,21-25H2,1-6H3,(H,43,45)(H2,40,42,47);1H4;1H2/t27-,32+;;/m1../s1. The van der Waals surface area contributed by atoms with Gasteiger partial charge in [0.15, 0.2) is 6.29 Å². The molecule has 0 fully saturated rings. The Hall–Kier alpha value is -4.17. The Balaban J connectivity index is 0.00000486. The monoisotopic (exact) mass is 767 g/mol. The molecule has 0 unspecified atom stereocenters. The van der Waals surface area contributed by atoms with Crippen LogP contribution >= 0.6 is 24.8 Å². The van der Waals surface area contributed by atoms with Gasteiger partial charge < -0.3 is 35.1 Å². The van der Waals surface area contributed by atoms with Crippen molar-refractivity contribution in [3.05, 3.63) is 95.0 Å². The predicted molar refractivity (Wildman–Crippen MR) is 218 cm³/mol. The van der Waals surface area contributed by atoms with Gasteiger partial charge in [-0.25, -0.2) is 9.78 Å². The number of rotatable bonds is 18. The highest BCUT2D eigenvalue weighted by Crippen LogP contribution is 2.24. The molecule has 4 amide bonds. The Labute approximate surface area is 325 Å². The smallest absolute Gasteiger partial charge is 0.315 e. The number of urea groups is 1. The quantitative estimate of drug-likeness (QED) is 0.0934. The van der Waals surface area contributed by atoms with Crippen molar-refractivity contribution in [2.45, 2.75) is 98.9 Å². The molecule has 11 nitrogen and oxygen atoms in total. The third-order valence-electron chi connectivity index (χ3n) is 7.78. The lowest BCUT2D eigenvalue weighted by Gasteiger charge is -2.31. The van der Waals surface area contributed by atoms with Crippen LogP contribution in [0.5, 0.6) is 5.75 Å². The number of ether oxygens (including phenoxy) is 3. The van der Waals surface area contributed by atoms with Crippen molar-refractivity contribution in [1.82, 2.24) is 25.8 Å². The van der Waals surface area contributed by atoms with Gasteiger partial charge >= 0.3 is 6.03 Å². The maximum atomic E-state index is 14.6. The van der Waals surface area contributed by atoms with E-state index in [-0.39, 0.29) is 70.3 Å². The summed E-state index contributed by atoms with van der Waals surface area (Å²) >= 11 is 1.53. The summed E-state index contributed by atoms with van der Waals surface area (Å²) in [7, 11) is 0. The molecule has 1 aromatic heterocycles. The number of aromatic nitrogens is 1. The maximum Gasteiger partial charge on any atom is 0.315 e. The fourth-order valence-electron chi connectivity index (χ4n) is 5.55. The van der Waals surface area contributed by atoms with Crippen LogP contribution in [0.15, 0.2) is 78.3 Å². The first kappa shape index (κ1) is 45.0. The molecule has 3 aromatic carbocycles. The van der Waals surface area contributed by atoms with E-state index in [9.17, 15) is 14.4 Å². The van der Waals surface area contributed by atoms with Gasteiger partial charge in [-0.3, -0.25) is 9.59 Å². The van der Waals surface area contributed by atoms with Gasteiger partial charge in [0.1, 0.15) is 17.4 Å². The molecule has 4 aromatic rings. The number of para-hydroxylation sites is 1. The van der Waals surface area contributed by atoms with Crippen LogP contribution in [0.25, 0.3) is 10.2 Å². The van der Waals surface area contributed by atoms with E-state index < -0.39 is 18.4 Å². The second-order valence-electron chi connectivity index (χ2n) is 13.3. The van der Waals surface area contributed by atoms with Gasteiger partial charge in [0.25, 0.3) is 0 Å². The minimum Gasteiger partial charge on any atom is -0.488 e. The van der Waals surface area contributed by atoms with Gasteiger partial charge in [-0.15, -0.1) is 11.3 Å². The van der Waals surface area contributed by atoms with Crippen molar-refractivity contribution in [1.29, 1.82) is 0 Å². The van der Waals surface area contributed by atoms with E-state index in [4.69, 9.17) is 14.2 Å². The predicted octanol–water partition coefficient (Wildman–Crippen LogP) is 6.96. The van der Waals surface area contributed by atoms with Crippen LogP contribution in [0.1, 0.15) is 72.1 Å². The number of amides is 4. The number of thiazole rings is 1.